The van der Waals surface area contributed by atoms with E-state index >= 15 is 0 Å². The number of carboxylic acids is 1. The Balaban J connectivity index is 0.000000212. The third kappa shape index (κ3) is 11.0. The van der Waals surface area contributed by atoms with Crippen LogP contribution in [0.15, 0.2) is 72.8 Å². The van der Waals surface area contributed by atoms with Crippen LogP contribution in [-0.2, 0) is 13.1 Å². The van der Waals surface area contributed by atoms with Gasteiger partial charge in [-0.1, -0.05) is 24.3 Å². The SMILES string of the molecule is Cc1cc(C(=O)N(C)C)ccc1-c1nc(NCCN(C)C)nc2c1CNC(=O)N2c1c(F)cccc1F.Cc1cc(C(=O)O)ccc1-c1nc(NCCN(C)C)nc2c1CNC(=O)N2c1c(F)cccc1F. The number of anilines is 6. The Kier molecular flexibility index (Phi) is 15.6. The summed E-state index contributed by atoms with van der Waals surface area (Å²) in [4.78, 5) is 75.2. The molecule has 0 spiro atoms. The molecule has 0 bridgehead atoms. The smallest absolute Gasteiger partial charge is 0.335 e. The molecule has 18 nitrogen and oxygen atoms in total. The highest BCUT2D eigenvalue weighted by Gasteiger charge is 2.36. The van der Waals surface area contributed by atoms with Crippen LogP contribution in [0, 0.1) is 37.1 Å². The number of para-hydroxylation sites is 2. The van der Waals surface area contributed by atoms with E-state index in [-0.39, 0.29) is 48.1 Å². The Morgan fingerprint density at radius 1 is 0.611 bits per heavy atom. The number of fused-ring (bicyclic) bond motifs is 2. The molecule has 5 amide bonds. The fourth-order valence-corrected chi connectivity index (χ4v) is 7.91. The summed E-state index contributed by atoms with van der Waals surface area (Å²) in [5.74, 6) is -4.34. The standard InChI is InChI=1S/C26H29F2N7O2.C24H24F2N6O3/c1-15-13-16(24(36)34(4)5)9-10-17(15)21-18-14-30-26(37)35(22-19(27)7-6-8-20(22)28)23(18)32-25(31-21)29-11-12-33(2)3;1-13-11-14(22(33)34)7-8-15(13)19-16-12-28-24(35)32(20-17(25)5-4-6-18(20)26)21(16)30-23(29-19)27-9-10-31(2)3/h6-10,13H,11-12,14H2,1-5H3,(H,30,37)(H,29,31,32);4-8,11H,9-10,12H2,1-3H3,(H,28,35)(H,33,34)(H,27,29,30). The van der Waals surface area contributed by atoms with E-state index in [1.54, 1.807) is 45.3 Å². The van der Waals surface area contributed by atoms with E-state index in [4.69, 9.17) is 4.98 Å². The summed E-state index contributed by atoms with van der Waals surface area (Å²) in [5.41, 5.74) is 4.11. The Morgan fingerprint density at radius 3 is 1.36 bits per heavy atom. The topological polar surface area (TPSA) is 204 Å². The number of hydrogen-bond acceptors (Lipinski definition) is 12. The van der Waals surface area contributed by atoms with Gasteiger partial charge in [-0.25, -0.2) is 51.7 Å². The van der Waals surface area contributed by atoms with Crippen molar-refractivity contribution in [1.82, 2.24) is 45.3 Å². The number of carboxylic acid groups (broad SMARTS) is 1. The largest absolute Gasteiger partial charge is 0.478 e. The number of halogens is 4. The molecule has 22 heteroatoms. The molecule has 0 atom stereocenters. The second kappa shape index (κ2) is 21.8. The number of amides is 5. The van der Waals surface area contributed by atoms with Crippen molar-refractivity contribution in [3.05, 3.63) is 129 Å². The van der Waals surface area contributed by atoms with Gasteiger partial charge in [0.2, 0.25) is 11.9 Å². The summed E-state index contributed by atoms with van der Waals surface area (Å²) in [6.45, 7) is 6.00. The third-order valence-electron chi connectivity index (χ3n) is 11.5. The van der Waals surface area contributed by atoms with Crippen molar-refractivity contribution in [3.8, 4) is 22.5 Å². The minimum atomic E-state index is -1.07. The van der Waals surface area contributed by atoms with E-state index in [1.807, 2.05) is 44.9 Å². The number of aromatic nitrogens is 4. The average Bonchev–Trinajstić information content (AvgIpc) is 3.32. The molecule has 4 heterocycles. The second-order valence-electron chi connectivity index (χ2n) is 17.5. The first-order valence-corrected chi connectivity index (χ1v) is 22.6. The van der Waals surface area contributed by atoms with Crippen LogP contribution >= 0.6 is 0 Å². The average molecular weight is 992 g/mol. The first-order valence-electron chi connectivity index (χ1n) is 22.6. The van der Waals surface area contributed by atoms with Crippen LogP contribution in [0.5, 0.6) is 0 Å². The lowest BCUT2D eigenvalue weighted by molar-refractivity contribution is 0.0696. The van der Waals surface area contributed by atoms with Crippen molar-refractivity contribution >= 4 is 58.8 Å². The molecular weight excluding hydrogens is 939 g/mol. The Bertz CT molecular complexity index is 3040. The lowest BCUT2D eigenvalue weighted by atomic mass is 9.98. The number of nitrogens with one attached hydrogen (secondary N) is 4. The number of aromatic carboxylic acids is 1. The first kappa shape index (κ1) is 51.6. The normalized spacial score (nSPS) is 12.9. The van der Waals surface area contributed by atoms with Crippen molar-refractivity contribution in [2.24, 2.45) is 0 Å². The zero-order valence-corrected chi connectivity index (χ0v) is 40.8. The number of carbonyl (C=O) groups excluding carboxylic acids is 3. The summed E-state index contributed by atoms with van der Waals surface area (Å²) in [7, 11) is 11.0. The Morgan fingerprint density at radius 2 is 1.00 bits per heavy atom. The summed E-state index contributed by atoms with van der Waals surface area (Å²) in [5, 5.41) is 20.9. The highest BCUT2D eigenvalue weighted by molar-refractivity contribution is 6.03. The number of hydrogen-bond donors (Lipinski definition) is 5. The number of likely N-dealkylation sites (N-methyl/N-ethyl adjacent to an activating group) is 2. The number of carbonyl (C=O) groups is 4. The van der Waals surface area contributed by atoms with Crippen molar-refractivity contribution in [3.63, 3.8) is 0 Å². The molecule has 2 aliphatic rings. The molecule has 8 rings (SSSR count). The maximum absolute atomic E-state index is 14.8. The molecule has 0 saturated carbocycles. The monoisotopic (exact) mass is 991 g/mol. The summed E-state index contributed by atoms with van der Waals surface area (Å²) < 4.78 is 59.1. The molecule has 0 unspecified atom stereocenters. The van der Waals surface area contributed by atoms with Gasteiger partial charge >= 0.3 is 18.0 Å². The minimum Gasteiger partial charge on any atom is -0.478 e. The van der Waals surface area contributed by atoms with Crippen LogP contribution in [0.3, 0.4) is 0 Å². The van der Waals surface area contributed by atoms with Gasteiger partial charge in [-0.15, -0.1) is 0 Å². The maximum Gasteiger partial charge on any atom is 0.335 e. The summed E-state index contributed by atoms with van der Waals surface area (Å²) in [6, 6.07) is 15.1. The van der Waals surface area contributed by atoms with E-state index in [0.717, 1.165) is 39.6 Å². The van der Waals surface area contributed by atoms with E-state index in [0.29, 0.717) is 70.9 Å². The van der Waals surface area contributed by atoms with Gasteiger partial charge in [0, 0.05) is 68.1 Å². The van der Waals surface area contributed by atoms with Crippen LogP contribution in [0.1, 0.15) is 43.0 Å². The minimum absolute atomic E-state index is 0.0220. The number of rotatable bonds is 14. The highest BCUT2D eigenvalue weighted by Crippen LogP contribution is 2.41. The molecule has 0 saturated heterocycles. The molecule has 6 aromatic rings. The molecule has 5 N–H and O–H groups in total. The maximum atomic E-state index is 14.8. The van der Waals surface area contributed by atoms with Gasteiger partial charge in [-0.05, 0) is 102 Å². The highest BCUT2D eigenvalue weighted by atomic mass is 19.1. The fraction of sp³-hybridized carbons (Fsp3) is 0.280. The van der Waals surface area contributed by atoms with Crippen molar-refractivity contribution in [1.29, 1.82) is 0 Å². The van der Waals surface area contributed by atoms with E-state index in [9.17, 15) is 41.8 Å². The van der Waals surface area contributed by atoms with Crippen LogP contribution < -0.4 is 31.1 Å². The van der Waals surface area contributed by atoms with Gasteiger partial charge in [0.1, 0.15) is 34.6 Å². The molecule has 2 aromatic heterocycles. The lowest BCUT2D eigenvalue weighted by Crippen LogP contribution is -2.43. The number of aryl methyl sites for hydroxylation is 2. The predicted octanol–water partition coefficient (Wildman–Crippen LogP) is 7.53. The number of benzene rings is 4. The fourth-order valence-electron chi connectivity index (χ4n) is 7.91. The zero-order valence-electron chi connectivity index (χ0n) is 40.8. The van der Waals surface area contributed by atoms with Crippen LogP contribution in [-0.4, -0.2) is 132 Å². The van der Waals surface area contributed by atoms with Gasteiger partial charge in [0.15, 0.2) is 11.6 Å². The van der Waals surface area contributed by atoms with E-state index < -0.39 is 52.7 Å². The van der Waals surface area contributed by atoms with E-state index in [2.05, 4.69) is 36.2 Å². The van der Waals surface area contributed by atoms with Gasteiger partial charge in [0.25, 0.3) is 5.91 Å². The zero-order chi connectivity index (χ0) is 52.1. The Labute approximate surface area is 412 Å². The summed E-state index contributed by atoms with van der Waals surface area (Å²) in [6.07, 6.45) is 0. The molecule has 0 aliphatic carbocycles. The second-order valence-corrected chi connectivity index (χ2v) is 17.5. The van der Waals surface area contributed by atoms with Crippen molar-refractivity contribution < 1.29 is 41.8 Å². The van der Waals surface area contributed by atoms with Gasteiger partial charge in [-0.3, -0.25) is 4.79 Å². The first-order chi connectivity index (χ1) is 34.2. The van der Waals surface area contributed by atoms with Crippen molar-refractivity contribution in [2.45, 2.75) is 26.9 Å². The molecule has 4 aromatic carbocycles. The van der Waals surface area contributed by atoms with Crippen LogP contribution in [0.25, 0.3) is 22.5 Å². The molecular formula is C50H53F4N13O5. The third-order valence-corrected chi connectivity index (χ3v) is 11.5. The molecule has 0 fully saturated rings. The van der Waals surface area contributed by atoms with Gasteiger partial charge < -0.3 is 41.1 Å². The van der Waals surface area contributed by atoms with E-state index in [1.165, 1.54) is 29.2 Å². The molecule has 0 radical (unpaired) electrons. The molecule has 376 valence electrons. The quantitative estimate of drug-likeness (QED) is 0.0671. The van der Waals surface area contributed by atoms with Gasteiger partial charge in [-0.2, -0.15) is 9.97 Å². The predicted molar refractivity (Wildman–Crippen MR) is 265 cm³/mol. The lowest BCUT2D eigenvalue weighted by Gasteiger charge is -2.31. The number of urea groups is 2. The van der Waals surface area contributed by atoms with Gasteiger partial charge in [0.05, 0.1) is 30.0 Å². The Hall–Kier alpha value is -8.24. The number of nitrogens with zero attached hydrogens (tertiary/aromatic N) is 9. The molecule has 2 aliphatic heterocycles. The summed E-state index contributed by atoms with van der Waals surface area (Å²) >= 11 is 0. The molecule has 72 heavy (non-hydrogen) atoms. The van der Waals surface area contributed by atoms with Crippen molar-refractivity contribution in [2.75, 3.05) is 88.9 Å². The van der Waals surface area contributed by atoms with Crippen LogP contribution in [0.4, 0.5) is 62.1 Å². The van der Waals surface area contributed by atoms with Crippen LogP contribution in [0.2, 0.25) is 0 Å².